The van der Waals surface area contributed by atoms with E-state index >= 15 is 0 Å². The van der Waals surface area contributed by atoms with E-state index in [0.29, 0.717) is 6.04 Å². The molecule has 0 radical (unpaired) electrons. The van der Waals surface area contributed by atoms with E-state index in [2.05, 4.69) is 31.3 Å². The van der Waals surface area contributed by atoms with E-state index in [4.69, 9.17) is 4.74 Å². The second kappa shape index (κ2) is 7.33. The molecule has 0 saturated carbocycles. The summed E-state index contributed by atoms with van der Waals surface area (Å²) in [4.78, 5) is 0. The van der Waals surface area contributed by atoms with Crippen LogP contribution in [0.2, 0.25) is 0 Å². The van der Waals surface area contributed by atoms with Gasteiger partial charge in [0.25, 0.3) is 0 Å². The number of nitrogens with one attached hydrogen (secondary N) is 1. The van der Waals surface area contributed by atoms with Crippen LogP contribution in [0.25, 0.3) is 0 Å². The minimum atomic E-state index is 0.465. The van der Waals surface area contributed by atoms with E-state index in [-0.39, 0.29) is 0 Å². The Bertz CT molecular complexity index is 336. The smallest absolute Gasteiger partial charge is 0.119 e. The van der Waals surface area contributed by atoms with Gasteiger partial charge in [-0.05, 0) is 43.7 Å². The fourth-order valence-electron chi connectivity index (χ4n) is 2.22. The molecule has 0 amide bonds. The topological polar surface area (TPSA) is 21.3 Å². The Balaban J connectivity index is 2.73. The van der Waals surface area contributed by atoms with Gasteiger partial charge in [-0.15, -0.1) is 0 Å². The average Bonchev–Trinajstić information content (AvgIpc) is 2.35. The summed E-state index contributed by atoms with van der Waals surface area (Å²) in [5.74, 6) is 0.940. The fourth-order valence-corrected chi connectivity index (χ4v) is 2.22. The molecule has 0 spiro atoms. The van der Waals surface area contributed by atoms with Crippen LogP contribution in [0.3, 0.4) is 0 Å². The highest BCUT2D eigenvalue weighted by atomic mass is 16.5. The van der Waals surface area contributed by atoms with Gasteiger partial charge < -0.3 is 10.1 Å². The van der Waals surface area contributed by atoms with Crippen molar-refractivity contribution in [3.8, 4) is 5.75 Å². The number of rotatable bonds is 7. The molecule has 0 bridgehead atoms. The first-order valence-electron chi connectivity index (χ1n) is 6.54. The van der Waals surface area contributed by atoms with Gasteiger partial charge in [0.15, 0.2) is 0 Å². The summed E-state index contributed by atoms with van der Waals surface area (Å²) >= 11 is 0. The molecule has 1 aromatic carbocycles. The first-order chi connectivity index (χ1) is 8.22. The van der Waals surface area contributed by atoms with Gasteiger partial charge in [-0.2, -0.15) is 0 Å². The molecular weight excluding hydrogens is 210 g/mol. The van der Waals surface area contributed by atoms with E-state index < -0.39 is 0 Å². The van der Waals surface area contributed by atoms with Crippen molar-refractivity contribution in [2.24, 2.45) is 0 Å². The zero-order valence-corrected chi connectivity index (χ0v) is 11.5. The van der Waals surface area contributed by atoms with Crippen LogP contribution in [-0.4, -0.2) is 14.2 Å². The molecule has 0 saturated heterocycles. The summed E-state index contributed by atoms with van der Waals surface area (Å²) in [6.07, 6.45) is 5.08. The minimum Gasteiger partial charge on any atom is -0.497 e. The SMILES string of the molecule is CCCCCC(NC)c1ccc(OC)cc1C. The van der Waals surface area contributed by atoms with E-state index in [1.807, 2.05) is 13.1 Å². The molecule has 2 heteroatoms. The van der Waals surface area contributed by atoms with E-state index in [1.165, 1.54) is 36.8 Å². The Morgan fingerprint density at radius 3 is 2.59 bits per heavy atom. The van der Waals surface area contributed by atoms with Gasteiger partial charge in [0.05, 0.1) is 7.11 Å². The highest BCUT2D eigenvalue weighted by Gasteiger charge is 2.11. The van der Waals surface area contributed by atoms with Crippen molar-refractivity contribution in [3.05, 3.63) is 29.3 Å². The standard InChI is InChI=1S/C15H25NO/c1-5-6-7-8-15(16-3)14-10-9-13(17-4)11-12(14)2/h9-11,15-16H,5-8H2,1-4H3. The zero-order valence-electron chi connectivity index (χ0n) is 11.5. The molecule has 96 valence electrons. The molecule has 0 aliphatic heterocycles. The quantitative estimate of drug-likeness (QED) is 0.725. The maximum Gasteiger partial charge on any atom is 0.119 e. The molecular formula is C15H25NO. The van der Waals surface area contributed by atoms with Crippen LogP contribution in [0.15, 0.2) is 18.2 Å². The van der Waals surface area contributed by atoms with Crippen LogP contribution in [0, 0.1) is 6.92 Å². The molecule has 0 aliphatic carbocycles. The summed E-state index contributed by atoms with van der Waals surface area (Å²) in [6.45, 7) is 4.40. The Morgan fingerprint density at radius 1 is 1.29 bits per heavy atom. The van der Waals surface area contributed by atoms with Crippen LogP contribution in [0.5, 0.6) is 5.75 Å². The van der Waals surface area contributed by atoms with Gasteiger partial charge in [-0.25, -0.2) is 0 Å². The van der Waals surface area contributed by atoms with E-state index in [9.17, 15) is 0 Å². The molecule has 0 aliphatic rings. The Labute approximate surface area is 105 Å². The van der Waals surface area contributed by atoms with Crippen LogP contribution < -0.4 is 10.1 Å². The first-order valence-corrected chi connectivity index (χ1v) is 6.54. The number of hydrogen-bond acceptors (Lipinski definition) is 2. The predicted octanol–water partition coefficient (Wildman–Crippen LogP) is 3.84. The molecule has 1 atom stereocenters. The van der Waals surface area contributed by atoms with Gasteiger partial charge >= 0.3 is 0 Å². The molecule has 17 heavy (non-hydrogen) atoms. The normalized spacial score (nSPS) is 12.5. The molecule has 1 N–H and O–H groups in total. The summed E-state index contributed by atoms with van der Waals surface area (Å²) in [5, 5.41) is 3.41. The number of ether oxygens (including phenoxy) is 1. The lowest BCUT2D eigenvalue weighted by Gasteiger charge is -2.19. The molecule has 1 rings (SSSR count). The van der Waals surface area contributed by atoms with Gasteiger partial charge in [-0.3, -0.25) is 0 Å². The van der Waals surface area contributed by atoms with Gasteiger partial charge in [-0.1, -0.05) is 32.3 Å². The maximum absolute atomic E-state index is 5.24. The lowest BCUT2D eigenvalue weighted by molar-refractivity contribution is 0.413. The Kier molecular flexibility index (Phi) is 6.06. The van der Waals surface area contributed by atoms with Crippen molar-refractivity contribution < 1.29 is 4.74 Å². The number of aryl methyl sites for hydroxylation is 1. The lowest BCUT2D eigenvalue weighted by Crippen LogP contribution is -2.17. The van der Waals surface area contributed by atoms with E-state index in [0.717, 1.165) is 5.75 Å². The molecule has 0 aromatic heterocycles. The van der Waals surface area contributed by atoms with Crippen molar-refractivity contribution in [1.82, 2.24) is 5.32 Å². The third-order valence-electron chi connectivity index (χ3n) is 3.30. The largest absolute Gasteiger partial charge is 0.497 e. The number of unbranched alkanes of at least 4 members (excludes halogenated alkanes) is 2. The van der Waals surface area contributed by atoms with Gasteiger partial charge in [0.1, 0.15) is 5.75 Å². The number of hydrogen-bond donors (Lipinski definition) is 1. The first kappa shape index (κ1) is 14.0. The van der Waals surface area contributed by atoms with Crippen molar-refractivity contribution in [1.29, 1.82) is 0 Å². The zero-order chi connectivity index (χ0) is 12.7. The molecule has 2 nitrogen and oxygen atoms in total. The third-order valence-corrected chi connectivity index (χ3v) is 3.30. The number of methoxy groups -OCH3 is 1. The second-order valence-electron chi connectivity index (χ2n) is 4.56. The minimum absolute atomic E-state index is 0.465. The molecule has 1 unspecified atom stereocenters. The van der Waals surface area contributed by atoms with Gasteiger partial charge in [0, 0.05) is 6.04 Å². The third kappa shape index (κ3) is 4.04. The average molecular weight is 235 g/mol. The van der Waals surface area contributed by atoms with Crippen LogP contribution in [0.1, 0.15) is 49.8 Å². The van der Waals surface area contributed by atoms with E-state index in [1.54, 1.807) is 7.11 Å². The summed E-state index contributed by atoms with van der Waals surface area (Å²) in [5.41, 5.74) is 2.70. The van der Waals surface area contributed by atoms with Crippen molar-refractivity contribution in [2.45, 2.75) is 45.6 Å². The number of benzene rings is 1. The summed E-state index contributed by atoms with van der Waals surface area (Å²) < 4.78 is 5.24. The van der Waals surface area contributed by atoms with Crippen molar-refractivity contribution in [3.63, 3.8) is 0 Å². The molecule has 0 heterocycles. The molecule has 0 fully saturated rings. The van der Waals surface area contributed by atoms with Crippen molar-refractivity contribution in [2.75, 3.05) is 14.2 Å². The highest BCUT2D eigenvalue weighted by molar-refractivity contribution is 5.36. The van der Waals surface area contributed by atoms with Crippen molar-refractivity contribution >= 4 is 0 Å². The van der Waals surface area contributed by atoms with Crippen LogP contribution >= 0.6 is 0 Å². The van der Waals surface area contributed by atoms with Crippen LogP contribution in [0.4, 0.5) is 0 Å². The second-order valence-corrected chi connectivity index (χ2v) is 4.56. The molecule has 1 aromatic rings. The van der Waals surface area contributed by atoms with Crippen LogP contribution in [-0.2, 0) is 0 Å². The van der Waals surface area contributed by atoms with Gasteiger partial charge in [0.2, 0.25) is 0 Å². The summed E-state index contributed by atoms with van der Waals surface area (Å²) in [7, 11) is 3.76. The Hall–Kier alpha value is -1.02. The predicted molar refractivity (Wildman–Crippen MR) is 73.7 cm³/mol. The summed E-state index contributed by atoms with van der Waals surface area (Å²) in [6, 6.07) is 6.81. The fraction of sp³-hybridized carbons (Fsp3) is 0.600. The maximum atomic E-state index is 5.24. The monoisotopic (exact) mass is 235 g/mol. The Morgan fingerprint density at radius 2 is 2.06 bits per heavy atom. The highest BCUT2D eigenvalue weighted by Crippen LogP contribution is 2.25. The lowest BCUT2D eigenvalue weighted by atomic mass is 9.96.